The van der Waals surface area contributed by atoms with Crippen LogP contribution in [-0.2, 0) is 9.09 Å². The van der Waals surface area contributed by atoms with Gasteiger partial charge in [0.2, 0.25) is 0 Å². The average Bonchev–Trinajstić information content (AvgIpc) is 3.57. The molecule has 0 bridgehead atoms. The van der Waals surface area contributed by atoms with Gasteiger partial charge in [0.05, 0.1) is 5.56 Å². The van der Waals surface area contributed by atoms with Crippen LogP contribution in [0.4, 0.5) is 11.5 Å². The predicted octanol–water partition coefficient (Wildman–Crippen LogP) is 2.90. The molecule has 1 saturated carbocycles. The number of phosphoric ester groups is 1. The number of aryl methyl sites for hydroxylation is 2. The molecule has 3 aromatic rings. The molecular weight excluding hydrogens is 487 g/mol. The number of carbonyl (C=O) groups excluding carboxylic acids is 2. The zero-order valence-corrected chi connectivity index (χ0v) is 21.2. The molecule has 0 aliphatic heterocycles. The molecule has 4 N–H and O–H groups in total. The lowest BCUT2D eigenvalue weighted by Gasteiger charge is -2.21. The van der Waals surface area contributed by atoms with Crippen LogP contribution in [0.25, 0.3) is 5.52 Å². The smallest absolute Gasteiger partial charge is 0.349 e. The summed E-state index contributed by atoms with van der Waals surface area (Å²) in [5.74, 6) is -0.138. The van der Waals surface area contributed by atoms with Gasteiger partial charge in [-0.1, -0.05) is 13.0 Å². The molecule has 0 unspecified atom stereocenters. The van der Waals surface area contributed by atoms with Gasteiger partial charge < -0.3 is 25.3 Å². The highest BCUT2D eigenvalue weighted by molar-refractivity contribution is 7.46. The minimum atomic E-state index is -4.74. The quantitative estimate of drug-likeness (QED) is 0.235. The molecule has 1 aliphatic rings. The Morgan fingerprint density at radius 1 is 1.28 bits per heavy atom. The van der Waals surface area contributed by atoms with Gasteiger partial charge in [-0.2, -0.15) is 5.10 Å². The van der Waals surface area contributed by atoms with Crippen molar-refractivity contribution in [1.82, 2.24) is 24.8 Å². The summed E-state index contributed by atoms with van der Waals surface area (Å²) in [6.45, 7) is 5.20. The van der Waals surface area contributed by atoms with E-state index in [0.29, 0.717) is 40.1 Å². The van der Waals surface area contributed by atoms with E-state index in [1.165, 1.54) is 15.7 Å². The van der Waals surface area contributed by atoms with Crippen molar-refractivity contribution in [1.29, 1.82) is 0 Å². The molecule has 13 heteroatoms. The number of hydrogen-bond acceptors (Lipinski definition) is 7. The number of benzene rings is 1. The largest absolute Gasteiger partial charge is 0.471 e. The Labute approximate surface area is 207 Å². The normalized spacial score (nSPS) is 13.6. The highest BCUT2D eigenvalue weighted by atomic mass is 31.2. The Morgan fingerprint density at radius 3 is 2.69 bits per heavy atom. The number of aromatic nitrogens is 3. The first-order chi connectivity index (χ1) is 17.1. The number of amides is 2. The second kappa shape index (κ2) is 10.4. The first-order valence-electron chi connectivity index (χ1n) is 11.6. The van der Waals surface area contributed by atoms with Crippen LogP contribution in [0.5, 0.6) is 0 Å². The lowest BCUT2D eigenvalue weighted by Crippen LogP contribution is -2.33. The third-order valence-electron chi connectivity index (χ3n) is 5.89. The maximum absolute atomic E-state index is 13.2. The van der Waals surface area contributed by atoms with Gasteiger partial charge in [0.15, 0.2) is 5.82 Å². The van der Waals surface area contributed by atoms with Crippen LogP contribution in [-0.4, -0.2) is 60.4 Å². The van der Waals surface area contributed by atoms with E-state index in [2.05, 4.69) is 25.2 Å². The maximum atomic E-state index is 13.2. The van der Waals surface area contributed by atoms with Crippen molar-refractivity contribution in [3.63, 3.8) is 0 Å². The Hall–Kier alpha value is -3.31. The molecule has 0 radical (unpaired) electrons. The van der Waals surface area contributed by atoms with Gasteiger partial charge in [-0.25, -0.2) is 14.1 Å². The van der Waals surface area contributed by atoms with Crippen LogP contribution < -0.4 is 10.6 Å². The summed E-state index contributed by atoms with van der Waals surface area (Å²) in [7, 11) is -4.74. The van der Waals surface area contributed by atoms with Crippen LogP contribution in [0.3, 0.4) is 0 Å². The number of phosphoric acid groups is 1. The molecule has 0 spiro atoms. The van der Waals surface area contributed by atoms with Gasteiger partial charge in [0, 0.05) is 30.0 Å². The van der Waals surface area contributed by atoms with E-state index < -0.39 is 20.5 Å². The first-order valence-corrected chi connectivity index (χ1v) is 13.1. The van der Waals surface area contributed by atoms with Crippen molar-refractivity contribution >= 4 is 36.7 Å². The number of carbonyl (C=O) groups is 2. The molecule has 4 rings (SSSR count). The fraction of sp³-hybridized carbons (Fsp3) is 0.391. The van der Waals surface area contributed by atoms with E-state index in [-0.39, 0.29) is 18.5 Å². The van der Waals surface area contributed by atoms with Crippen molar-refractivity contribution in [2.75, 3.05) is 18.6 Å². The number of hydrogen-bond donors (Lipinski definition) is 4. The molecule has 2 aromatic heterocycles. The lowest BCUT2D eigenvalue weighted by atomic mass is 10.1. The van der Waals surface area contributed by atoms with Crippen molar-refractivity contribution in [2.24, 2.45) is 0 Å². The van der Waals surface area contributed by atoms with Crippen LogP contribution in [0.2, 0.25) is 0 Å². The van der Waals surface area contributed by atoms with Crippen molar-refractivity contribution in [2.45, 2.75) is 46.1 Å². The lowest BCUT2D eigenvalue weighted by molar-refractivity contribution is 0.0536. The summed E-state index contributed by atoms with van der Waals surface area (Å²) in [4.78, 5) is 49.5. The minimum Gasteiger partial charge on any atom is -0.349 e. The number of nitrogens with zero attached hydrogens (tertiary/aromatic N) is 4. The molecule has 0 saturated heterocycles. The predicted molar refractivity (Wildman–Crippen MR) is 132 cm³/mol. The molecule has 1 aliphatic carbocycles. The molecule has 1 fully saturated rings. The molecule has 1 aromatic carbocycles. The van der Waals surface area contributed by atoms with Gasteiger partial charge in [-0.3, -0.25) is 14.1 Å². The van der Waals surface area contributed by atoms with Gasteiger partial charge in [-0.15, -0.1) is 0 Å². The monoisotopic (exact) mass is 516 g/mol. The van der Waals surface area contributed by atoms with Crippen LogP contribution >= 0.6 is 7.82 Å². The van der Waals surface area contributed by atoms with Crippen LogP contribution in [0.15, 0.2) is 30.7 Å². The standard InChI is InChI=1S/C23H29N6O6P/c1-4-9-28(13-35-36(32,33)34)23(31)18-11-29-20(15(18)3)21(24-12-25-29)27-19-10-16(6-5-14(19)2)22(30)26-17-7-8-17/h5-6,10-12,17H,4,7-9,13H2,1-3H3,(H,26,30)(H,24,25,27)(H2,32,33,34). The number of nitrogens with one attached hydrogen (secondary N) is 2. The fourth-order valence-electron chi connectivity index (χ4n) is 3.80. The Balaban J connectivity index is 1.64. The highest BCUT2D eigenvalue weighted by Crippen LogP contribution is 2.36. The van der Waals surface area contributed by atoms with E-state index in [4.69, 9.17) is 9.79 Å². The fourth-order valence-corrected chi connectivity index (χ4v) is 4.09. The summed E-state index contributed by atoms with van der Waals surface area (Å²) in [5.41, 5.74) is 3.56. The van der Waals surface area contributed by atoms with Crippen LogP contribution in [0.1, 0.15) is 58.0 Å². The maximum Gasteiger partial charge on any atom is 0.471 e. The third kappa shape index (κ3) is 5.90. The van der Waals surface area contributed by atoms with E-state index in [1.54, 1.807) is 25.3 Å². The van der Waals surface area contributed by atoms with Gasteiger partial charge in [0.25, 0.3) is 11.8 Å². The highest BCUT2D eigenvalue weighted by Gasteiger charge is 2.26. The number of anilines is 2. The van der Waals surface area contributed by atoms with E-state index >= 15 is 0 Å². The summed E-state index contributed by atoms with van der Waals surface area (Å²) in [6.07, 6.45) is 5.46. The average molecular weight is 516 g/mol. The second-order valence-corrected chi connectivity index (χ2v) is 10.0. The number of fused-ring (bicyclic) bond motifs is 1. The molecule has 2 amide bonds. The summed E-state index contributed by atoms with van der Waals surface area (Å²) < 4.78 is 17.2. The Bertz CT molecular complexity index is 1350. The molecule has 2 heterocycles. The van der Waals surface area contributed by atoms with E-state index in [1.807, 2.05) is 19.9 Å². The second-order valence-electron chi connectivity index (χ2n) is 8.79. The summed E-state index contributed by atoms with van der Waals surface area (Å²) >= 11 is 0. The Kier molecular flexibility index (Phi) is 7.41. The molecular formula is C23H29N6O6P. The molecule has 0 atom stereocenters. The van der Waals surface area contributed by atoms with E-state index in [0.717, 1.165) is 18.4 Å². The molecule has 192 valence electrons. The van der Waals surface area contributed by atoms with E-state index in [9.17, 15) is 14.2 Å². The van der Waals surface area contributed by atoms with Gasteiger partial charge in [-0.05, 0) is 56.4 Å². The topological polar surface area (TPSA) is 158 Å². The zero-order chi connectivity index (χ0) is 26.0. The zero-order valence-electron chi connectivity index (χ0n) is 20.3. The van der Waals surface area contributed by atoms with Crippen molar-refractivity contribution < 1.29 is 28.5 Å². The van der Waals surface area contributed by atoms with Crippen LogP contribution in [0, 0.1) is 13.8 Å². The SMILES string of the molecule is CCCN(COP(=O)(O)O)C(=O)c1cn2ncnc(Nc3cc(C(=O)NC4CC4)ccc3C)c2c1C. The number of rotatable bonds is 10. The summed E-state index contributed by atoms with van der Waals surface area (Å²) in [6, 6.07) is 5.63. The summed E-state index contributed by atoms with van der Waals surface area (Å²) in [5, 5.41) is 10.5. The van der Waals surface area contributed by atoms with Crippen molar-refractivity contribution in [3.8, 4) is 0 Å². The van der Waals surface area contributed by atoms with Gasteiger partial charge in [0.1, 0.15) is 18.6 Å². The Morgan fingerprint density at radius 2 is 2.03 bits per heavy atom. The first kappa shape index (κ1) is 25.8. The molecule has 36 heavy (non-hydrogen) atoms. The van der Waals surface area contributed by atoms with Crippen molar-refractivity contribution in [3.05, 3.63) is 53.0 Å². The minimum absolute atomic E-state index is 0.131. The molecule has 12 nitrogen and oxygen atoms in total. The van der Waals surface area contributed by atoms with Gasteiger partial charge >= 0.3 is 7.82 Å². The third-order valence-corrected chi connectivity index (χ3v) is 6.34.